The summed E-state index contributed by atoms with van der Waals surface area (Å²) in [5, 5.41) is 8.59. The summed E-state index contributed by atoms with van der Waals surface area (Å²) >= 11 is 5.52. The molecule has 0 aliphatic carbocycles. The molecule has 0 bridgehead atoms. The van der Waals surface area contributed by atoms with Crippen LogP contribution >= 0.6 is 11.6 Å². The molecule has 0 amide bonds. The van der Waals surface area contributed by atoms with E-state index in [0.717, 1.165) is 0 Å². The molecule has 0 saturated carbocycles. The van der Waals surface area contributed by atoms with Crippen molar-refractivity contribution in [3.8, 4) is 6.07 Å². The van der Waals surface area contributed by atoms with E-state index in [9.17, 15) is 4.39 Å². The number of nitrogens with zero attached hydrogens (tertiary/aromatic N) is 1. The molecular formula is C8H4ClFNY-. The van der Waals surface area contributed by atoms with E-state index >= 15 is 0 Å². The molecule has 0 unspecified atom stereocenters. The first-order chi connectivity index (χ1) is 5.24. The molecule has 0 saturated heterocycles. The Morgan fingerprint density at radius 2 is 2.25 bits per heavy atom. The van der Waals surface area contributed by atoms with Crippen molar-refractivity contribution in [2.24, 2.45) is 0 Å². The summed E-state index contributed by atoms with van der Waals surface area (Å²) in [6.45, 7) is 0. The Morgan fingerprint density at radius 3 is 2.83 bits per heavy atom. The first-order valence-corrected chi connectivity index (χ1v) is 3.35. The number of halogens is 2. The Hall–Kier alpha value is 0.0339. The number of hydrogen-bond donors (Lipinski definition) is 0. The average molecular weight is 257 g/mol. The van der Waals surface area contributed by atoms with Crippen molar-refractivity contribution in [1.29, 1.82) is 5.26 Å². The van der Waals surface area contributed by atoms with Gasteiger partial charge in [0, 0.05) is 44.9 Å². The minimum absolute atomic E-state index is 0. The van der Waals surface area contributed by atoms with Gasteiger partial charge < -0.3 is 0 Å². The van der Waals surface area contributed by atoms with Gasteiger partial charge in [0.2, 0.25) is 0 Å². The Bertz CT molecular complexity index is 308. The van der Waals surface area contributed by atoms with Crippen LogP contribution in [0.2, 0.25) is 5.02 Å². The fourth-order valence-corrected chi connectivity index (χ4v) is 0.877. The van der Waals surface area contributed by atoms with Gasteiger partial charge in [-0.15, -0.1) is 29.3 Å². The van der Waals surface area contributed by atoms with Gasteiger partial charge in [0.05, 0.1) is 6.07 Å². The average Bonchev–Trinajstić information content (AvgIpc) is 1.98. The zero-order chi connectivity index (χ0) is 8.27. The molecule has 1 aromatic rings. The molecule has 1 aromatic carbocycles. The maximum absolute atomic E-state index is 12.7. The van der Waals surface area contributed by atoms with Gasteiger partial charge in [-0.2, -0.15) is 11.3 Å². The Balaban J connectivity index is 0.00000121. The molecule has 1 radical (unpaired) electrons. The maximum atomic E-state index is 12.7. The molecule has 4 heteroatoms. The van der Waals surface area contributed by atoms with E-state index in [2.05, 4.69) is 6.07 Å². The van der Waals surface area contributed by atoms with Gasteiger partial charge in [-0.05, 0) is 0 Å². The van der Waals surface area contributed by atoms with Crippen molar-refractivity contribution in [3.05, 3.63) is 34.6 Å². The number of hydrogen-bond acceptors (Lipinski definition) is 1. The third-order valence-electron chi connectivity index (χ3n) is 1.19. The Labute approximate surface area is 100 Å². The van der Waals surface area contributed by atoms with E-state index in [4.69, 9.17) is 16.9 Å². The van der Waals surface area contributed by atoms with E-state index in [1.54, 1.807) is 0 Å². The summed E-state index contributed by atoms with van der Waals surface area (Å²) in [5.41, 5.74) is 0.222. The standard InChI is InChI=1S/C8H4ClFN.Y/c9-7-1-2-8(10)6(5-7)3-4-11;/h1-2H,3H2;/q-1;. The number of benzene rings is 1. The zero-order valence-electron chi connectivity index (χ0n) is 6.14. The van der Waals surface area contributed by atoms with Gasteiger partial charge in [-0.3, -0.25) is 4.39 Å². The SMILES string of the molecule is N#CCc1[c-]c(Cl)ccc1F.[Y]. The largest absolute Gasteiger partial charge is 0.284 e. The number of rotatable bonds is 1. The summed E-state index contributed by atoms with van der Waals surface area (Å²) in [5.74, 6) is -0.434. The van der Waals surface area contributed by atoms with Gasteiger partial charge in [0.15, 0.2) is 0 Å². The molecule has 0 aromatic heterocycles. The topological polar surface area (TPSA) is 23.8 Å². The predicted octanol–water partition coefficient (Wildman–Crippen LogP) is 2.34. The van der Waals surface area contributed by atoms with Crippen molar-refractivity contribution in [3.63, 3.8) is 0 Å². The normalized spacial score (nSPS) is 8.42. The molecular weight excluding hydrogens is 253 g/mol. The second-order valence-corrected chi connectivity index (χ2v) is 2.37. The summed E-state index contributed by atoms with van der Waals surface area (Å²) in [4.78, 5) is 0. The van der Waals surface area contributed by atoms with Crippen LogP contribution in [0.15, 0.2) is 12.1 Å². The fraction of sp³-hybridized carbons (Fsp3) is 0.125. The molecule has 0 spiro atoms. The molecule has 0 aliphatic heterocycles. The quantitative estimate of drug-likeness (QED) is 0.709. The predicted molar refractivity (Wildman–Crippen MR) is 39.6 cm³/mol. The van der Waals surface area contributed by atoms with Gasteiger partial charge in [-0.25, -0.2) is 0 Å². The summed E-state index contributed by atoms with van der Waals surface area (Å²) in [6, 6.07) is 6.99. The molecule has 1 nitrogen and oxygen atoms in total. The van der Waals surface area contributed by atoms with E-state index in [1.165, 1.54) is 12.1 Å². The molecule has 12 heavy (non-hydrogen) atoms. The van der Waals surface area contributed by atoms with Crippen LogP contribution in [-0.2, 0) is 39.1 Å². The van der Waals surface area contributed by atoms with Gasteiger partial charge in [0.25, 0.3) is 0 Å². The molecule has 0 fully saturated rings. The summed E-state index contributed by atoms with van der Waals surface area (Å²) in [6.07, 6.45) is 0.00634. The van der Waals surface area contributed by atoms with Gasteiger partial charge in [-0.1, -0.05) is 5.02 Å². The van der Waals surface area contributed by atoms with Crippen LogP contribution in [-0.4, -0.2) is 0 Å². The van der Waals surface area contributed by atoms with E-state index in [-0.39, 0.29) is 44.7 Å². The second-order valence-electron chi connectivity index (χ2n) is 1.97. The minimum Gasteiger partial charge on any atom is -0.284 e. The van der Waals surface area contributed by atoms with E-state index in [1.807, 2.05) is 6.07 Å². The monoisotopic (exact) mass is 257 g/mol. The van der Waals surface area contributed by atoms with Crippen molar-refractivity contribution >= 4 is 11.6 Å². The summed E-state index contributed by atoms with van der Waals surface area (Å²) in [7, 11) is 0. The van der Waals surface area contributed by atoms with Crippen LogP contribution < -0.4 is 0 Å². The van der Waals surface area contributed by atoms with E-state index < -0.39 is 5.82 Å². The molecule has 1 rings (SSSR count). The van der Waals surface area contributed by atoms with Crippen molar-refractivity contribution in [1.82, 2.24) is 0 Å². The van der Waals surface area contributed by atoms with Gasteiger partial charge >= 0.3 is 0 Å². The minimum atomic E-state index is -0.434. The Morgan fingerprint density at radius 1 is 1.58 bits per heavy atom. The summed E-state index contributed by atoms with van der Waals surface area (Å²) < 4.78 is 12.7. The van der Waals surface area contributed by atoms with Crippen LogP contribution in [0, 0.1) is 23.2 Å². The fourth-order valence-electron chi connectivity index (χ4n) is 0.700. The van der Waals surface area contributed by atoms with Crippen LogP contribution in [0.5, 0.6) is 0 Å². The van der Waals surface area contributed by atoms with Crippen LogP contribution in [0.3, 0.4) is 0 Å². The van der Waals surface area contributed by atoms with Crippen molar-refractivity contribution < 1.29 is 37.1 Å². The molecule has 59 valence electrons. The molecule has 0 heterocycles. The van der Waals surface area contributed by atoms with Crippen LogP contribution in [0.4, 0.5) is 4.39 Å². The van der Waals surface area contributed by atoms with Crippen molar-refractivity contribution in [2.75, 3.05) is 0 Å². The maximum Gasteiger partial charge on any atom is 0.0648 e. The third-order valence-corrected chi connectivity index (χ3v) is 1.41. The smallest absolute Gasteiger partial charge is 0.0648 e. The molecule has 0 atom stereocenters. The van der Waals surface area contributed by atoms with Crippen LogP contribution in [0.25, 0.3) is 0 Å². The first-order valence-electron chi connectivity index (χ1n) is 2.97. The van der Waals surface area contributed by atoms with E-state index in [0.29, 0.717) is 5.02 Å². The zero-order valence-corrected chi connectivity index (χ0v) is 9.74. The van der Waals surface area contributed by atoms with Crippen LogP contribution in [0.1, 0.15) is 5.56 Å². The first kappa shape index (κ1) is 12.0. The Kier molecular flexibility index (Phi) is 5.66. The van der Waals surface area contributed by atoms with Crippen molar-refractivity contribution in [2.45, 2.75) is 6.42 Å². The third kappa shape index (κ3) is 3.19. The second kappa shape index (κ2) is 5.64. The van der Waals surface area contributed by atoms with Gasteiger partial charge in [0.1, 0.15) is 0 Å². The molecule has 0 aliphatic rings. The number of nitriles is 1. The molecule has 0 N–H and O–H groups in total.